The molecule has 238 valence electrons. The van der Waals surface area contributed by atoms with Crippen LogP contribution in [-0.4, -0.2) is 30.7 Å². The number of ether oxygens (including phenoxy) is 1. The standard InChI is InChI=1S/C33H68O.H2O4S/c1-3-5-7-9-11-13-15-17-19-21-23-25-27-29-31-33-34-32-30-28-26-24-22-20-18-16-14-12-10-8-6-4-2;1-5(2,3)4/h3-33H2,1-2H3;(H2,1,2,3,4). The van der Waals surface area contributed by atoms with Crippen LogP contribution in [0.15, 0.2) is 0 Å². The molecule has 0 fully saturated rings. The van der Waals surface area contributed by atoms with E-state index >= 15 is 0 Å². The smallest absolute Gasteiger partial charge is 0.381 e. The summed E-state index contributed by atoms with van der Waals surface area (Å²) in [5.41, 5.74) is 0. The van der Waals surface area contributed by atoms with Gasteiger partial charge in [-0.15, -0.1) is 0 Å². The van der Waals surface area contributed by atoms with Crippen LogP contribution in [0.2, 0.25) is 0 Å². The summed E-state index contributed by atoms with van der Waals surface area (Å²) in [6.45, 7) is 6.60. The lowest BCUT2D eigenvalue weighted by Crippen LogP contribution is -1.97. The van der Waals surface area contributed by atoms with E-state index in [1.807, 2.05) is 0 Å². The number of unbranched alkanes of at least 4 members (excludes halogenated alkanes) is 27. The van der Waals surface area contributed by atoms with E-state index in [9.17, 15) is 0 Å². The lowest BCUT2D eigenvalue weighted by molar-refractivity contribution is 0.125. The first-order valence-corrected chi connectivity index (χ1v) is 18.6. The molecule has 0 aromatic heterocycles. The fraction of sp³-hybridized carbons (Fsp3) is 1.00. The average Bonchev–Trinajstić information content (AvgIpc) is 2.89. The Bertz CT molecular complexity index is 484. The van der Waals surface area contributed by atoms with Crippen LogP contribution in [0, 0.1) is 0 Å². The van der Waals surface area contributed by atoms with Crippen LogP contribution < -0.4 is 0 Å². The van der Waals surface area contributed by atoms with Crippen molar-refractivity contribution in [2.24, 2.45) is 0 Å². The van der Waals surface area contributed by atoms with Gasteiger partial charge in [-0.05, 0) is 12.8 Å². The Balaban J connectivity index is 0. The minimum absolute atomic E-state index is 0.997. The van der Waals surface area contributed by atoms with Crippen molar-refractivity contribution < 1.29 is 22.3 Å². The summed E-state index contributed by atoms with van der Waals surface area (Å²) < 4.78 is 37.4. The third-order valence-corrected chi connectivity index (χ3v) is 7.53. The molecule has 0 aromatic carbocycles. The molecule has 0 aliphatic heterocycles. The fourth-order valence-corrected chi connectivity index (χ4v) is 5.08. The quantitative estimate of drug-likeness (QED) is 0.0631. The van der Waals surface area contributed by atoms with Crippen molar-refractivity contribution in [1.82, 2.24) is 0 Å². The van der Waals surface area contributed by atoms with Crippen LogP contribution >= 0.6 is 0 Å². The van der Waals surface area contributed by atoms with Gasteiger partial charge in [0.15, 0.2) is 0 Å². The third-order valence-electron chi connectivity index (χ3n) is 7.53. The van der Waals surface area contributed by atoms with Gasteiger partial charge in [-0.25, -0.2) is 0 Å². The SMILES string of the molecule is CCCCCCCCCCCCCCCCCOCCCCCCCCCCCCCCCC.O=S(=O)(O)O. The Morgan fingerprint density at radius 3 is 0.692 bits per heavy atom. The van der Waals surface area contributed by atoms with Gasteiger partial charge in [-0.1, -0.05) is 187 Å². The Labute approximate surface area is 245 Å². The van der Waals surface area contributed by atoms with Gasteiger partial charge in [0.1, 0.15) is 0 Å². The molecular formula is C33H70O5S. The fourth-order valence-electron chi connectivity index (χ4n) is 5.08. The predicted molar refractivity (Wildman–Crippen MR) is 170 cm³/mol. The number of hydrogen-bond acceptors (Lipinski definition) is 3. The highest BCUT2D eigenvalue weighted by Crippen LogP contribution is 2.14. The Morgan fingerprint density at radius 2 is 0.513 bits per heavy atom. The van der Waals surface area contributed by atoms with Crippen molar-refractivity contribution >= 4 is 10.4 Å². The van der Waals surface area contributed by atoms with Gasteiger partial charge in [-0.3, -0.25) is 9.11 Å². The van der Waals surface area contributed by atoms with E-state index in [-0.39, 0.29) is 0 Å². The van der Waals surface area contributed by atoms with Crippen LogP contribution in [0.4, 0.5) is 0 Å². The van der Waals surface area contributed by atoms with Gasteiger partial charge < -0.3 is 4.74 Å². The molecule has 0 radical (unpaired) electrons. The highest BCUT2D eigenvalue weighted by molar-refractivity contribution is 7.79. The summed E-state index contributed by atoms with van der Waals surface area (Å²) >= 11 is 0. The minimum atomic E-state index is -4.67. The third kappa shape index (κ3) is 51.1. The lowest BCUT2D eigenvalue weighted by Gasteiger charge is -2.05. The van der Waals surface area contributed by atoms with Crippen LogP contribution in [0.1, 0.15) is 200 Å². The zero-order valence-electron chi connectivity index (χ0n) is 26.4. The van der Waals surface area contributed by atoms with Crippen LogP contribution in [0.5, 0.6) is 0 Å². The zero-order chi connectivity index (χ0) is 29.1. The highest BCUT2D eigenvalue weighted by atomic mass is 32.3. The molecule has 0 amide bonds. The normalized spacial score (nSPS) is 11.5. The number of hydrogen-bond donors (Lipinski definition) is 2. The first-order valence-electron chi connectivity index (χ1n) is 17.2. The second-order valence-corrected chi connectivity index (χ2v) is 12.5. The maximum Gasteiger partial charge on any atom is 0.394 e. The first kappa shape index (κ1) is 41.0. The van der Waals surface area contributed by atoms with Gasteiger partial charge in [-0.2, -0.15) is 8.42 Å². The maximum atomic E-state index is 8.74. The molecule has 0 atom stereocenters. The van der Waals surface area contributed by atoms with Crippen molar-refractivity contribution in [2.45, 2.75) is 200 Å². The van der Waals surface area contributed by atoms with Gasteiger partial charge in [0, 0.05) is 13.2 Å². The molecule has 0 saturated heterocycles. The molecule has 0 unspecified atom stereocenters. The van der Waals surface area contributed by atoms with Crippen molar-refractivity contribution in [3.05, 3.63) is 0 Å². The highest BCUT2D eigenvalue weighted by Gasteiger charge is 1.96. The van der Waals surface area contributed by atoms with Crippen molar-refractivity contribution in [3.63, 3.8) is 0 Å². The summed E-state index contributed by atoms with van der Waals surface area (Å²) in [4.78, 5) is 0. The molecule has 2 N–H and O–H groups in total. The maximum absolute atomic E-state index is 8.74. The van der Waals surface area contributed by atoms with E-state index in [1.54, 1.807) is 0 Å². The monoisotopic (exact) mass is 578 g/mol. The molecule has 0 spiro atoms. The van der Waals surface area contributed by atoms with Crippen molar-refractivity contribution in [3.8, 4) is 0 Å². The summed E-state index contributed by atoms with van der Waals surface area (Å²) in [7, 11) is -4.67. The Hall–Kier alpha value is -0.170. The Kier molecular flexibility index (Phi) is 37.7. The van der Waals surface area contributed by atoms with E-state index < -0.39 is 10.4 Å². The zero-order valence-corrected chi connectivity index (χ0v) is 27.3. The molecule has 5 nitrogen and oxygen atoms in total. The summed E-state index contributed by atoms with van der Waals surface area (Å²) in [5.74, 6) is 0. The van der Waals surface area contributed by atoms with Crippen molar-refractivity contribution in [2.75, 3.05) is 13.2 Å². The second-order valence-electron chi connectivity index (χ2n) is 11.6. The van der Waals surface area contributed by atoms with E-state index in [0.29, 0.717) is 0 Å². The second kappa shape index (κ2) is 35.9. The number of rotatable bonds is 31. The van der Waals surface area contributed by atoms with E-state index in [1.165, 1.54) is 186 Å². The van der Waals surface area contributed by atoms with E-state index in [4.69, 9.17) is 22.3 Å². The molecule has 0 saturated carbocycles. The van der Waals surface area contributed by atoms with Gasteiger partial charge in [0.2, 0.25) is 0 Å². The lowest BCUT2D eigenvalue weighted by atomic mass is 10.0. The van der Waals surface area contributed by atoms with Crippen LogP contribution in [0.3, 0.4) is 0 Å². The summed E-state index contributed by atoms with van der Waals surface area (Å²) in [6, 6.07) is 0. The van der Waals surface area contributed by atoms with Gasteiger partial charge >= 0.3 is 10.4 Å². The van der Waals surface area contributed by atoms with Gasteiger partial charge in [0.25, 0.3) is 0 Å². The minimum Gasteiger partial charge on any atom is -0.381 e. The topological polar surface area (TPSA) is 83.8 Å². The molecular weight excluding hydrogens is 508 g/mol. The summed E-state index contributed by atoms with van der Waals surface area (Å²) in [5, 5.41) is 0. The predicted octanol–water partition coefficient (Wildman–Crippen LogP) is 11.7. The average molecular weight is 579 g/mol. The Morgan fingerprint density at radius 1 is 0.359 bits per heavy atom. The van der Waals surface area contributed by atoms with Gasteiger partial charge in [0.05, 0.1) is 0 Å². The largest absolute Gasteiger partial charge is 0.394 e. The molecule has 0 aliphatic carbocycles. The van der Waals surface area contributed by atoms with Crippen LogP contribution in [-0.2, 0) is 15.1 Å². The molecule has 39 heavy (non-hydrogen) atoms. The van der Waals surface area contributed by atoms with E-state index in [2.05, 4.69) is 13.8 Å². The molecule has 6 heteroatoms. The van der Waals surface area contributed by atoms with Crippen LogP contribution in [0.25, 0.3) is 0 Å². The first-order chi connectivity index (χ1) is 18.9. The van der Waals surface area contributed by atoms with E-state index in [0.717, 1.165) is 13.2 Å². The molecule has 0 heterocycles. The molecule has 0 aliphatic rings. The van der Waals surface area contributed by atoms with Crippen molar-refractivity contribution in [1.29, 1.82) is 0 Å². The summed E-state index contributed by atoms with van der Waals surface area (Å²) in [6.07, 6.45) is 41.6. The molecule has 0 rings (SSSR count). The molecule has 0 bridgehead atoms. The molecule has 0 aromatic rings.